The van der Waals surface area contributed by atoms with Crippen molar-refractivity contribution in [3.05, 3.63) is 48.6 Å². The average molecular weight is 218 g/mol. The quantitative estimate of drug-likeness (QED) is 0.518. The van der Waals surface area contributed by atoms with Gasteiger partial charge in [0.1, 0.15) is 6.10 Å². The SMILES string of the molecule is C=CCC[C@@H](OCc1ccccc1)[C@@H]1CO1. The molecule has 1 aliphatic rings. The zero-order valence-electron chi connectivity index (χ0n) is 9.47. The van der Waals surface area contributed by atoms with Crippen LogP contribution in [0.1, 0.15) is 18.4 Å². The van der Waals surface area contributed by atoms with Gasteiger partial charge in [-0.3, -0.25) is 0 Å². The zero-order chi connectivity index (χ0) is 11.2. The molecule has 0 aromatic heterocycles. The molecule has 1 heterocycles. The molecule has 0 aliphatic carbocycles. The lowest BCUT2D eigenvalue weighted by Crippen LogP contribution is -2.19. The first-order valence-corrected chi connectivity index (χ1v) is 5.78. The highest BCUT2D eigenvalue weighted by molar-refractivity contribution is 5.13. The summed E-state index contributed by atoms with van der Waals surface area (Å²) in [7, 11) is 0. The summed E-state index contributed by atoms with van der Waals surface area (Å²) in [5.41, 5.74) is 1.21. The van der Waals surface area contributed by atoms with E-state index in [-0.39, 0.29) is 6.10 Å². The first-order valence-electron chi connectivity index (χ1n) is 5.78. The lowest BCUT2D eigenvalue weighted by Gasteiger charge is -2.14. The highest BCUT2D eigenvalue weighted by Crippen LogP contribution is 2.22. The molecular formula is C14H18O2. The van der Waals surface area contributed by atoms with Gasteiger partial charge in [0.2, 0.25) is 0 Å². The summed E-state index contributed by atoms with van der Waals surface area (Å²) in [6.07, 6.45) is 4.45. The minimum atomic E-state index is 0.221. The summed E-state index contributed by atoms with van der Waals surface area (Å²) >= 11 is 0. The average Bonchev–Trinajstić information content (AvgIpc) is 3.15. The smallest absolute Gasteiger partial charge is 0.107 e. The predicted molar refractivity (Wildman–Crippen MR) is 64.2 cm³/mol. The van der Waals surface area contributed by atoms with E-state index >= 15 is 0 Å². The Morgan fingerprint density at radius 2 is 2.19 bits per heavy atom. The van der Waals surface area contributed by atoms with Gasteiger partial charge in [-0.2, -0.15) is 0 Å². The molecule has 2 rings (SSSR count). The number of epoxide rings is 1. The van der Waals surface area contributed by atoms with Gasteiger partial charge in [0, 0.05) is 0 Å². The van der Waals surface area contributed by atoms with Gasteiger partial charge in [0.05, 0.1) is 19.3 Å². The van der Waals surface area contributed by atoms with Crippen molar-refractivity contribution in [2.75, 3.05) is 6.61 Å². The second-order valence-corrected chi connectivity index (χ2v) is 4.07. The van der Waals surface area contributed by atoms with Crippen LogP contribution < -0.4 is 0 Å². The van der Waals surface area contributed by atoms with Crippen LogP contribution in [-0.4, -0.2) is 18.8 Å². The number of allylic oxidation sites excluding steroid dienone is 1. The molecule has 0 bridgehead atoms. The summed E-state index contributed by atoms with van der Waals surface area (Å²) < 4.78 is 11.2. The molecule has 1 aromatic carbocycles. The van der Waals surface area contributed by atoms with Crippen LogP contribution in [0.4, 0.5) is 0 Å². The minimum absolute atomic E-state index is 0.221. The van der Waals surface area contributed by atoms with Crippen LogP contribution >= 0.6 is 0 Å². The molecule has 1 aliphatic heterocycles. The van der Waals surface area contributed by atoms with Crippen molar-refractivity contribution in [2.24, 2.45) is 0 Å². The lowest BCUT2D eigenvalue weighted by atomic mass is 10.1. The summed E-state index contributed by atoms with van der Waals surface area (Å²) in [6, 6.07) is 10.2. The first-order chi connectivity index (χ1) is 7.90. The van der Waals surface area contributed by atoms with Gasteiger partial charge >= 0.3 is 0 Å². The Kier molecular flexibility index (Phi) is 4.14. The maximum atomic E-state index is 5.88. The molecule has 1 saturated heterocycles. The Morgan fingerprint density at radius 3 is 2.81 bits per heavy atom. The number of rotatable bonds is 7. The van der Waals surface area contributed by atoms with Crippen molar-refractivity contribution in [1.29, 1.82) is 0 Å². The van der Waals surface area contributed by atoms with Crippen LogP contribution in [0, 0.1) is 0 Å². The largest absolute Gasteiger partial charge is 0.371 e. The van der Waals surface area contributed by atoms with E-state index < -0.39 is 0 Å². The second-order valence-electron chi connectivity index (χ2n) is 4.07. The normalized spacial score (nSPS) is 20.4. The zero-order valence-corrected chi connectivity index (χ0v) is 9.47. The van der Waals surface area contributed by atoms with Crippen LogP contribution in [0.2, 0.25) is 0 Å². The van der Waals surface area contributed by atoms with E-state index in [0.29, 0.717) is 12.7 Å². The number of hydrogen-bond donors (Lipinski definition) is 0. The third-order valence-electron chi connectivity index (χ3n) is 2.74. The standard InChI is InChI=1S/C14H18O2/c1-2-3-9-13(14-11-16-14)15-10-12-7-5-4-6-8-12/h2,4-8,13-14H,1,3,9-11H2/t13-,14+/m1/s1. The molecule has 1 aromatic rings. The Hall–Kier alpha value is -1.12. The van der Waals surface area contributed by atoms with Crippen LogP contribution in [0.5, 0.6) is 0 Å². The summed E-state index contributed by atoms with van der Waals surface area (Å²) in [5.74, 6) is 0. The van der Waals surface area contributed by atoms with E-state index in [0.717, 1.165) is 19.4 Å². The second kappa shape index (κ2) is 5.83. The molecule has 0 radical (unpaired) electrons. The van der Waals surface area contributed by atoms with E-state index in [9.17, 15) is 0 Å². The van der Waals surface area contributed by atoms with Gasteiger partial charge in [-0.05, 0) is 18.4 Å². The molecule has 0 unspecified atom stereocenters. The van der Waals surface area contributed by atoms with Crippen molar-refractivity contribution in [3.63, 3.8) is 0 Å². The van der Waals surface area contributed by atoms with Crippen LogP contribution in [-0.2, 0) is 16.1 Å². The number of ether oxygens (including phenoxy) is 2. The third-order valence-corrected chi connectivity index (χ3v) is 2.74. The predicted octanol–water partition coefficient (Wildman–Crippen LogP) is 2.94. The van der Waals surface area contributed by atoms with E-state index in [2.05, 4.69) is 18.7 Å². The molecule has 0 N–H and O–H groups in total. The van der Waals surface area contributed by atoms with Crippen LogP contribution in [0.15, 0.2) is 43.0 Å². The van der Waals surface area contributed by atoms with Gasteiger partial charge in [-0.25, -0.2) is 0 Å². The van der Waals surface area contributed by atoms with Crippen molar-refractivity contribution in [2.45, 2.75) is 31.7 Å². The lowest BCUT2D eigenvalue weighted by molar-refractivity contribution is 0.0170. The highest BCUT2D eigenvalue weighted by atomic mass is 16.6. The van der Waals surface area contributed by atoms with Gasteiger partial charge in [0.25, 0.3) is 0 Å². The van der Waals surface area contributed by atoms with Crippen molar-refractivity contribution < 1.29 is 9.47 Å². The number of benzene rings is 1. The van der Waals surface area contributed by atoms with Crippen molar-refractivity contribution in [1.82, 2.24) is 0 Å². The van der Waals surface area contributed by atoms with E-state index in [1.807, 2.05) is 24.3 Å². The van der Waals surface area contributed by atoms with Crippen LogP contribution in [0.25, 0.3) is 0 Å². The van der Waals surface area contributed by atoms with E-state index in [1.54, 1.807) is 0 Å². The molecule has 0 saturated carbocycles. The van der Waals surface area contributed by atoms with Crippen molar-refractivity contribution in [3.8, 4) is 0 Å². The maximum absolute atomic E-state index is 5.88. The molecule has 0 amide bonds. The molecule has 2 atom stereocenters. The fourth-order valence-electron chi connectivity index (χ4n) is 1.71. The summed E-state index contributed by atoms with van der Waals surface area (Å²) in [4.78, 5) is 0. The molecular weight excluding hydrogens is 200 g/mol. The molecule has 0 spiro atoms. The van der Waals surface area contributed by atoms with Crippen molar-refractivity contribution >= 4 is 0 Å². The fourth-order valence-corrected chi connectivity index (χ4v) is 1.71. The molecule has 2 heteroatoms. The first kappa shape index (κ1) is 11.4. The summed E-state index contributed by atoms with van der Waals surface area (Å²) in [5, 5.41) is 0. The number of hydrogen-bond acceptors (Lipinski definition) is 2. The van der Waals surface area contributed by atoms with Crippen LogP contribution in [0.3, 0.4) is 0 Å². The van der Waals surface area contributed by atoms with Gasteiger partial charge < -0.3 is 9.47 Å². The molecule has 16 heavy (non-hydrogen) atoms. The van der Waals surface area contributed by atoms with E-state index in [1.165, 1.54) is 5.56 Å². The third kappa shape index (κ3) is 3.47. The minimum Gasteiger partial charge on any atom is -0.371 e. The Morgan fingerprint density at radius 1 is 1.44 bits per heavy atom. The Balaban J connectivity index is 1.79. The molecule has 2 nitrogen and oxygen atoms in total. The van der Waals surface area contributed by atoms with Gasteiger partial charge in [-0.15, -0.1) is 6.58 Å². The monoisotopic (exact) mass is 218 g/mol. The van der Waals surface area contributed by atoms with Gasteiger partial charge in [0.15, 0.2) is 0 Å². The highest BCUT2D eigenvalue weighted by Gasteiger charge is 2.32. The van der Waals surface area contributed by atoms with Gasteiger partial charge in [-0.1, -0.05) is 36.4 Å². The summed E-state index contributed by atoms with van der Waals surface area (Å²) in [6.45, 7) is 5.25. The molecule has 1 fully saturated rings. The Labute approximate surface area is 96.9 Å². The van der Waals surface area contributed by atoms with E-state index in [4.69, 9.17) is 9.47 Å². The Bertz CT molecular complexity index is 317. The molecule has 86 valence electrons. The fraction of sp³-hybridized carbons (Fsp3) is 0.429. The topological polar surface area (TPSA) is 21.8 Å². The maximum Gasteiger partial charge on any atom is 0.107 e.